The van der Waals surface area contributed by atoms with E-state index < -0.39 is 11.9 Å². The van der Waals surface area contributed by atoms with Crippen molar-refractivity contribution in [1.29, 1.82) is 0 Å². The molecule has 0 unspecified atom stereocenters. The average Bonchev–Trinajstić information content (AvgIpc) is 1.99. The molecule has 0 aromatic carbocycles. The monoisotopic (exact) mass is 188 g/mol. The lowest BCUT2D eigenvalue weighted by atomic mass is 10.4. The molecule has 0 saturated heterocycles. The Morgan fingerprint density at radius 2 is 2.15 bits per heavy atom. The van der Waals surface area contributed by atoms with Crippen LogP contribution < -0.4 is 5.84 Å². The topological polar surface area (TPSA) is 92.9 Å². The molecule has 6 heteroatoms. The average molecular weight is 188 g/mol. The quantitative estimate of drug-likeness (QED) is 0.263. The van der Waals surface area contributed by atoms with Gasteiger partial charge in [0.05, 0.1) is 12.7 Å². The lowest BCUT2D eigenvalue weighted by Gasteiger charge is -2.13. The summed E-state index contributed by atoms with van der Waals surface area (Å²) in [4.78, 5) is 21.3. The van der Waals surface area contributed by atoms with Crippen molar-refractivity contribution in [1.82, 2.24) is 5.01 Å². The molecule has 13 heavy (non-hydrogen) atoms. The minimum Gasteiger partial charge on any atom is -0.478 e. The predicted molar refractivity (Wildman–Crippen MR) is 44.3 cm³/mol. The molecule has 0 heterocycles. The van der Waals surface area contributed by atoms with Gasteiger partial charge in [-0.3, -0.25) is 0 Å². The zero-order valence-electron chi connectivity index (χ0n) is 7.48. The number of ether oxygens (including phenoxy) is 1. The predicted octanol–water partition coefficient (Wildman–Crippen LogP) is -0.676. The Morgan fingerprint density at radius 3 is 2.46 bits per heavy atom. The van der Waals surface area contributed by atoms with Gasteiger partial charge < -0.3 is 14.9 Å². The summed E-state index contributed by atoms with van der Waals surface area (Å²) in [7, 11) is 1.35. The van der Waals surface area contributed by atoms with E-state index >= 15 is 0 Å². The van der Waals surface area contributed by atoms with Gasteiger partial charge in [-0.1, -0.05) is 0 Å². The molecular weight excluding hydrogens is 176 g/mol. The number of carbonyl (C=O) groups excluding carboxylic acids is 1. The van der Waals surface area contributed by atoms with Gasteiger partial charge in [-0.2, -0.15) is 0 Å². The summed E-state index contributed by atoms with van der Waals surface area (Å²) in [6.45, 7) is 1.79. The number of carbonyl (C=O) groups is 2. The van der Waals surface area contributed by atoms with E-state index in [9.17, 15) is 9.59 Å². The number of nitrogens with zero attached hydrogens (tertiary/aromatic N) is 1. The molecule has 3 N–H and O–H groups in total. The Kier molecular flexibility index (Phi) is 4.53. The zero-order valence-corrected chi connectivity index (χ0v) is 7.48. The molecule has 0 bridgehead atoms. The van der Waals surface area contributed by atoms with Crippen molar-refractivity contribution in [3.8, 4) is 0 Å². The van der Waals surface area contributed by atoms with Crippen molar-refractivity contribution in [2.24, 2.45) is 5.84 Å². The van der Waals surface area contributed by atoms with Crippen molar-refractivity contribution in [3.63, 3.8) is 0 Å². The summed E-state index contributed by atoms with van der Waals surface area (Å²) < 4.78 is 4.57. The second kappa shape index (κ2) is 5.15. The molecule has 0 radical (unpaired) electrons. The second-order valence-electron chi connectivity index (χ2n) is 2.20. The standard InChI is InChI=1S/C7H12N2O4/c1-3-13-7(12)5(9(2)8)4-6(10)11/h4H,3,8H2,1-2H3,(H,10,11). The highest BCUT2D eigenvalue weighted by atomic mass is 16.5. The van der Waals surface area contributed by atoms with Crippen molar-refractivity contribution < 1.29 is 19.4 Å². The summed E-state index contributed by atoms with van der Waals surface area (Å²) in [5.74, 6) is 3.21. The number of hydrogen-bond acceptors (Lipinski definition) is 5. The fourth-order valence-corrected chi connectivity index (χ4v) is 0.627. The SMILES string of the molecule is CCOC(=O)C(=CC(=O)O)N(C)N. The molecule has 0 aliphatic carbocycles. The van der Waals surface area contributed by atoms with Gasteiger partial charge in [0.1, 0.15) is 5.70 Å². The van der Waals surface area contributed by atoms with Gasteiger partial charge in [-0.05, 0) is 6.92 Å². The molecule has 0 aliphatic heterocycles. The van der Waals surface area contributed by atoms with Gasteiger partial charge in [0.15, 0.2) is 0 Å². The Bertz CT molecular complexity index is 235. The van der Waals surface area contributed by atoms with E-state index in [1.54, 1.807) is 6.92 Å². The number of carboxylic acid groups (broad SMARTS) is 1. The maximum Gasteiger partial charge on any atom is 0.356 e. The van der Waals surface area contributed by atoms with E-state index in [1.807, 2.05) is 0 Å². The van der Waals surface area contributed by atoms with E-state index in [-0.39, 0.29) is 12.3 Å². The molecule has 0 amide bonds. The molecule has 6 nitrogen and oxygen atoms in total. The third kappa shape index (κ3) is 4.12. The number of carboxylic acids is 1. The van der Waals surface area contributed by atoms with E-state index in [2.05, 4.69) is 4.74 Å². The molecule has 0 rings (SSSR count). The van der Waals surface area contributed by atoms with E-state index in [0.717, 1.165) is 5.01 Å². The minimum absolute atomic E-state index is 0.170. The van der Waals surface area contributed by atoms with Gasteiger partial charge in [-0.25, -0.2) is 15.4 Å². The fraction of sp³-hybridized carbons (Fsp3) is 0.429. The van der Waals surface area contributed by atoms with Crippen molar-refractivity contribution in [2.75, 3.05) is 13.7 Å². The Morgan fingerprint density at radius 1 is 1.62 bits per heavy atom. The van der Waals surface area contributed by atoms with Gasteiger partial charge in [-0.15, -0.1) is 0 Å². The summed E-state index contributed by atoms with van der Waals surface area (Å²) in [5, 5.41) is 9.28. The first-order chi connectivity index (χ1) is 5.99. The first kappa shape index (κ1) is 11.4. The number of nitrogens with two attached hydrogens (primary N) is 1. The number of likely N-dealkylation sites (N-methyl/N-ethyl adjacent to an activating group) is 1. The van der Waals surface area contributed by atoms with Crippen LogP contribution in [0.5, 0.6) is 0 Å². The first-order valence-corrected chi connectivity index (χ1v) is 3.59. The Labute approximate surface area is 75.5 Å². The van der Waals surface area contributed by atoms with Crippen LogP contribution in [-0.4, -0.2) is 35.7 Å². The highest BCUT2D eigenvalue weighted by Gasteiger charge is 2.14. The van der Waals surface area contributed by atoms with Crippen LogP contribution in [0, 0.1) is 0 Å². The van der Waals surface area contributed by atoms with Crippen molar-refractivity contribution in [2.45, 2.75) is 6.92 Å². The molecule has 74 valence electrons. The van der Waals surface area contributed by atoms with Crippen LogP contribution >= 0.6 is 0 Å². The van der Waals surface area contributed by atoms with Gasteiger partial charge >= 0.3 is 11.9 Å². The largest absolute Gasteiger partial charge is 0.478 e. The van der Waals surface area contributed by atoms with Gasteiger partial charge in [0, 0.05) is 7.05 Å². The summed E-state index contributed by atoms with van der Waals surface area (Å²) in [5.41, 5.74) is -0.200. The molecule has 0 atom stereocenters. The van der Waals surface area contributed by atoms with Crippen LogP contribution in [0.25, 0.3) is 0 Å². The number of rotatable bonds is 4. The third-order valence-corrected chi connectivity index (χ3v) is 1.12. The van der Waals surface area contributed by atoms with Crippen LogP contribution in [-0.2, 0) is 14.3 Å². The highest BCUT2D eigenvalue weighted by molar-refractivity contribution is 5.95. The van der Waals surface area contributed by atoms with Gasteiger partial charge in [0.25, 0.3) is 0 Å². The summed E-state index contributed by atoms with van der Waals surface area (Å²) in [6, 6.07) is 0. The number of hydrogen-bond donors (Lipinski definition) is 2. The fourth-order valence-electron chi connectivity index (χ4n) is 0.627. The molecule has 0 aromatic heterocycles. The highest BCUT2D eigenvalue weighted by Crippen LogP contribution is 1.99. The van der Waals surface area contributed by atoms with Crippen LogP contribution in [0.3, 0.4) is 0 Å². The molecule has 0 saturated carbocycles. The number of hydrazine groups is 1. The molecular formula is C7H12N2O4. The third-order valence-electron chi connectivity index (χ3n) is 1.12. The number of esters is 1. The lowest BCUT2D eigenvalue weighted by molar-refractivity contribution is -0.141. The zero-order chi connectivity index (χ0) is 10.4. The Balaban J connectivity index is 4.61. The van der Waals surface area contributed by atoms with Crippen LogP contribution in [0.15, 0.2) is 11.8 Å². The van der Waals surface area contributed by atoms with E-state index in [0.29, 0.717) is 6.08 Å². The first-order valence-electron chi connectivity index (χ1n) is 3.59. The van der Waals surface area contributed by atoms with Crippen LogP contribution in [0.4, 0.5) is 0 Å². The maximum atomic E-state index is 11.0. The number of aliphatic carboxylic acids is 1. The molecule has 0 aliphatic rings. The van der Waals surface area contributed by atoms with E-state index in [1.165, 1.54) is 7.05 Å². The second-order valence-corrected chi connectivity index (χ2v) is 2.20. The molecule has 0 fully saturated rings. The van der Waals surface area contributed by atoms with Crippen LogP contribution in [0.2, 0.25) is 0 Å². The van der Waals surface area contributed by atoms with Crippen molar-refractivity contribution in [3.05, 3.63) is 11.8 Å². The summed E-state index contributed by atoms with van der Waals surface area (Å²) in [6.07, 6.45) is 0.692. The molecule has 0 spiro atoms. The van der Waals surface area contributed by atoms with E-state index in [4.69, 9.17) is 10.9 Å². The smallest absolute Gasteiger partial charge is 0.356 e. The van der Waals surface area contributed by atoms with Crippen LogP contribution in [0.1, 0.15) is 6.92 Å². The Hall–Kier alpha value is -1.56. The molecule has 0 aromatic rings. The summed E-state index contributed by atoms with van der Waals surface area (Å²) >= 11 is 0. The van der Waals surface area contributed by atoms with Crippen molar-refractivity contribution >= 4 is 11.9 Å². The normalized spacial score (nSPS) is 10.8. The van der Waals surface area contributed by atoms with Gasteiger partial charge in [0.2, 0.25) is 0 Å². The maximum absolute atomic E-state index is 11.0. The lowest BCUT2D eigenvalue weighted by Crippen LogP contribution is -2.31. The minimum atomic E-state index is -1.25.